The molecule has 4 aromatic rings. The summed E-state index contributed by atoms with van der Waals surface area (Å²) in [7, 11) is 0. The largest absolute Gasteiger partial charge is 0.395 e. The van der Waals surface area contributed by atoms with Gasteiger partial charge in [-0.2, -0.15) is 5.10 Å². The van der Waals surface area contributed by atoms with Gasteiger partial charge in [0, 0.05) is 29.8 Å². The highest BCUT2D eigenvalue weighted by Crippen LogP contribution is 2.49. The number of para-hydroxylation sites is 1. The molecule has 0 fully saturated rings. The Morgan fingerprint density at radius 2 is 1.85 bits per heavy atom. The van der Waals surface area contributed by atoms with Crippen LogP contribution in [0.1, 0.15) is 55.0 Å². The van der Waals surface area contributed by atoms with Crippen molar-refractivity contribution in [3.63, 3.8) is 0 Å². The quantitative estimate of drug-likeness (QED) is 0.273. The van der Waals surface area contributed by atoms with E-state index in [1.54, 1.807) is 11.1 Å². The Balaban J connectivity index is 1.26. The van der Waals surface area contributed by atoms with Gasteiger partial charge < -0.3 is 10.4 Å². The van der Waals surface area contributed by atoms with E-state index in [1.165, 1.54) is 22.4 Å². The number of pyridine rings is 1. The number of hydrogen-bond acceptors (Lipinski definition) is 4. The molecule has 7 nitrogen and oxygen atoms in total. The number of amides is 2. The van der Waals surface area contributed by atoms with Gasteiger partial charge >= 0.3 is 6.03 Å². The van der Waals surface area contributed by atoms with Gasteiger partial charge in [-0.1, -0.05) is 66.6 Å². The van der Waals surface area contributed by atoms with E-state index in [0.29, 0.717) is 5.92 Å². The van der Waals surface area contributed by atoms with Crippen LogP contribution in [0.5, 0.6) is 0 Å². The molecule has 3 atom stereocenters. The van der Waals surface area contributed by atoms with Gasteiger partial charge in [-0.3, -0.25) is 9.88 Å². The molecule has 7 heteroatoms. The molecule has 0 aliphatic heterocycles. The lowest BCUT2D eigenvalue weighted by Gasteiger charge is -2.31. The summed E-state index contributed by atoms with van der Waals surface area (Å²) in [5.74, 6) is 0.646. The van der Waals surface area contributed by atoms with Crippen molar-refractivity contribution in [2.24, 2.45) is 5.92 Å². The second kappa shape index (κ2) is 11.5. The molecule has 204 valence electrons. The SMILES string of the molecule is C[C@@H]1C2=C(CC[C@@H]2CC(NC(=O)N(CCO)c2ccccc2)c2ccccc2)Cc2c1cnn2-c1cccnc1. The van der Waals surface area contributed by atoms with E-state index in [9.17, 15) is 9.90 Å². The summed E-state index contributed by atoms with van der Waals surface area (Å²) in [5, 5.41) is 17.8. The number of rotatable bonds is 8. The zero-order chi connectivity index (χ0) is 27.5. The lowest BCUT2D eigenvalue weighted by Crippen LogP contribution is -2.43. The Morgan fingerprint density at radius 3 is 2.58 bits per heavy atom. The van der Waals surface area contributed by atoms with Crippen LogP contribution in [-0.4, -0.2) is 39.1 Å². The summed E-state index contributed by atoms with van der Waals surface area (Å²) < 4.78 is 2.04. The Morgan fingerprint density at radius 1 is 1.07 bits per heavy atom. The minimum Gasteiger partial charge on any atom is -0.395 e. The third-order valence-electron chi connectivity index (χ3n) is 8.40. The Hall–Kier alpha value is -4.23. The normalized spacial score (nSPS) is 18.6. The summed E-state index contributed by atoms with van der Waals surface area (Å²) in [4.78, 5) is 19.5. The monoisotopic (exact) mass is 533 g/mol. The number of anilines is 1. The first-order chi connectivity index (χ1) is 19.6. The van der Waals surface area contributed by atoms with Crippen molar-refractivity contribution in [3.05, 3.63) is 119 Å². The number of benzene rings is 2. The fourth-order valence-electron chi connectivity index (χ4n) is 6.56. The van der Waals surface area contributed by atoms with E-state index >= 15 is 0 Å². The van der Waals surface area contributed by atoms with Gasteiger partial charge in [0.1, 0.15) is 0 Å². The van der Waals surface area contributed by atoms with Gasteiger partial charge in [0.2, 0.25) is 0 Å². The molecule has 2 N–H and O–H groups in total. The van der Waals surface area contributed by atoms with Crippen LogP contribution < -0.4 is 10.2 Å². The summed E-state index contributed by atoms with van der Waals surface area (Å²) in [5.41, 5.74) is 8.43. The molecule has 0 bridgehead atoms. The van der Waals surface area contributed by atoms with Crippen molar-refractivity contribution in [1.29, 1.82) is 0 Å². The lowest BCUT2D eigenvalue weighted by atomic mass is 9.78. The van der Waals surface area contributed by atoms with Gasteiger partial charge in [0.15, 0.2) is 0 Å². The number of urea groups is 1. The standard InChI is InChI=1S/C33H35N5O2/c1-23-29-22-35-38(28-13-8-16-34-21-28)31(29)20-26-15-14-25(32(23)26)19-30(24-9-4-2-5-10-24)36-33(40)37(17-18-39)27-11-6-3-7-12-27/h2-13,16,21-23,25,30,39H,14-15,17-20H2,1H3,(H,36,40)/t23-,25+,30?/m0/s1. The molecular formula is C33H35N5O2. The predicted molar refractivity (Wildman–Crippen MR) is 156 cm³/mol. The maximum absolute atomic E-state index is 13.6. The number of aliphatic hydroxyl groups excluding tert-OH is 1. The number of aliphatic hydroxyl groups is 1. The molecule has 2 amide bonds. The van der Waals surface area contributed by atoms with Crippen LogP contribution >= 0.6 is 0 Å². The molecule has 2 aliphatic rings. The molecule has 2 aromatic carbocycles. The van der Waals surface area contributed by atoms with Crippen LogP contribution in [0.15, 0.2) is 103 Å². The van der Waals surface area contributed by atoms with Crippen LogP contribution in [-0.2, 0) is 6.42 Å². The van der Waals surface area contributed by atoms with Gasteiger partial charge in [-0.25, -0.2) is 9.48 Å². The molecule has 0 spiro atoms. The second-order valence-electron chi connectivity index (χ2n) is 10.7. The fraction of sp³-hybridized carbons (Fsp3) is 0.303. The Kier molecular flexibility index (Phi) is 7.47. The van der Waals surface area contributed by atoms with Crippen molar-refractivity contribution in [2.45, 2.75) is 44.6 Å². The summed E-state index contributed by atoms with van der Waals surface area (Å²) in [6.07, 6.45) is 9.55. The summed E-state index contributed by atoms with van der Waals surface area (Å²) in [6, 6.07) is 23.4. The second-order valence-corrected chi connectivity index (χ2v) is 10.7. The van der Waals surface area contributed by atoms with Crippen LogP contribution in [0.4, 0.5) is 10.5 Å². The highest BCUT2D eigenvalue weighted by atomic mass is 16.3. The topological polar surface area (TPSA) is 83.3 Å². The van der Waals surface area contributed by atoms with Gasteiger partial charge in [0.05, 0.1) is 43.0 Å². The van der Waals surface area contributed by atoms with E-state index in [0.717, 1.165) is 42.6 Å². The number of aromatic nitrogens is 3. The molecular weight excluding hydrogens is 498 g/mol. The van der Waals surface area contributed by atoms with Crippen molar-refractivity contribution in [1.82, 2.24) is 20.1 Å². The number of carbonyl (C=O) groups is 1. The van der Waals surface area contributed by atoms with Crippen LogP contribution in [0.3, 0.4) is 0 Å². The molecule has 2 heterocycles. The first-order valence-corrected chi connectivity index (χ1v) is 14.1. The smallest absolute Gasteiger partial charge is 0.322 e. The summed E-state index contributed by atoms with van der Waals surface area (Å²) >= 11 is 0. The molecule has 0 saturated heterocycles. The first kappa shape index (κ1) is 26.0. The highest BCUT2D eigenvalue weighted by Gasteiger charge is 2.37. The number of nitrogens with one attached hydrogen (secondary N) is 1. The zero-order valence-corrected chi connectivity index (χ0v) is 22.8. The molecule has 0 radical (unpaired) electrons. The first-order valence-electron chi connectivity index (χ1n) is 14.1. The molecule has 0 saturated carbocycles. The number of allylic oxidation sites excluding steroid dienone is 2. The fourth-order valence-corrected chi connectivity index (χ4v) is 6.56. The average Bonchev–Trinajstić information content (AvgIpc) is 3.62. The third kappa shape index (κ3) is 5.05. The summed E-state index contributed by atoms with van der Waals surface area (Å²) in [6.45, 7) is 2.43. The molecule has 40 heavy (non-hydrogen) atoms. The van der Waals surface area contributed by atoms with Crippen molar-refractivity contribution < 1.29 is 9.90 Å². The minimum absolute atomic E-state index is 0.107. The van der Waals surface area contributed by atoms with E-state index in [1.807, 2.05) is 71.7 Å². The van der Waals surface area contributed by atoms with Crippen LogP contribution in [0, 0.1) is 5.92 Å². The Bertz CT molecular complexity index is 1480. The number of nitrogens with zero attached hydrogens (tertiary/aromatic N) is 4. The van der Waals surface area contributed by atoms with Gasteiger partial charge in [-0.15, -0.1) is 0 Å². The molecule has 2 aromatic heterocycles. The highest BCUT2D eigenvalue weighted by molar-refractivity contribution is 5.92. The maximum atomic E-state index is 13.6. The Labute approximate surface area is 235 Å². The zero-order valence-electron chi connectivity index (χ0n) is 22.8. The molecule has 6 rings (SSSR count). The molecule has 2 aliphatic carbocycles. The van der Waals surface area contributed by atoms with E-state index in [-0.39, 0.29) is 31.1 Å². The maximum Gasteiger partial charge on any atom is 0.322 e. The van der Waals surface area contributed by atoms with E-state index in [4.69, 9.17) is 5.10 Å². The van der Waals surface area contributed by atoms with Gasteiger partial charge in [0.25, 0.3) is 0 Å². The number of carbonyl (C=O) groups excluding carboxylic acids is 1. The lowest BCUT2D eigenvalue weighted by molar-refractivity contribution is 0.236. The van der Waals surface area contributed by atoms with Crippen molar-refractivity contribution >= 4 is 11.7 Å². The van der Waals surface area contributed by atoms with Crippen molar-refractivity contribution in [2.75, 3.05) is 18.1 Å². The third-order valence-corrected chi connectivity index (χ3v) is 8.40. The van der Waals surface area contributed by atoms with E-state index in [2.05, 4.69) is 35.4 Å². The molecule has 1 unspecified atom stereocenters. The number of hydrogen-bond donors (Lipinski definition) is 2. The predicted octanol–water partition coefficient (Wildman–Crippen LogP) is 5.97. The minimum atomic E-state index is -0.196. The van der Waals surface area contributed by atoms with Crippen LogP contribution in [0.2, 0.25) is 0 Å². The van der Waals surface area contributed by atoms with Crippen molar-refractivity contribution in [3.8, 4) is 5.69 Å². The average molecular weight is 534 g/mol. The number of fused-ring (bicyclic) bond motifs is 1. The van der Waals surface area contributed by atoms with Gasteiger partial charge in [-0.05, 0) is 55.0 Å². The van der Waals surface area contributed by atoms with Crippen LogP contribution in [0.25, 0.3) is 5.69 Å². The van der Waals surface area contributed by atoms with E-state index < -0.39 is 0 Å².